The van der Waals surface area contributed by atoms with Crippen molar-refractivity contribution in [3.8, 4) is 0 Å². The minimum Gasteiger partial charge on any atom is -0.392 e. The van der Waals surface area contributed by atoms with Gasteiger partial charge in [0.15, 0.2) is 0 Å². The molecule has 2 N–H and O–H groups in total. The van der Waals surface area contributed by atoms with Gasteiger partial charge < -0.3 is 10.4 Å². The van der Waals surface area contributed by atoms with Gasteiger partial charge in [-0.2, -0.15) is 0 Å². The summed E-state index contributed by atoms with van der Waals surface area (Å²) in [7, 11) is 0. The molecule has 0 aromatic heterocycles. The zero-order valence-corrected chi connectivity index (χ0v) is 8.45. The lowest BCUT2D eigenvalue weighted by Crippen LogP contribution is -2.30. The van der Waals surface area contributed by atoms with Crippen LogP contribution in [0.15, 0.2) is 24.3 Å². The average Bonchev–Trinajstić information content (AvgIpc) is 2.15. The normalized spacial score (nSPS) is 12.2. The summed E-state index contributed by atoms with van der Waals surface area (Å²) in [5.74, 6) is -0.135. The molecular weight excluding hydrogens is 178 g/mol. The number of carbonyl (C=O) groups excluding carboxylic acids is 1. The number of benzene rings is 1. The molecule has 1 atom stereocenters. The van der Waals surface area contributed by atoms with Crippen molar-refractivity contribution in [2.45, 2.75) is 20.0 Å². The highest BCUT2D eigenvalue weighted by Gasteiger charge is 2.07. The van der Waals surface area contributed by atoms with Crippen LogP contribution in [-0.2, 0) is 0 Å². The molecule has 0 aliphatic rings. The molecule has 0 fully saturated rings. The van der Waals surface area contributed by atoms with Crippen LogP contribution in [-0.4, -0.2) is 23.7 Å². The second kappa shape index (κ2) is 4.77. The number of rotatable bonds is 3. The molecule has 76 valence electrons. The molecule has 0 saturated carbocycles. The third-order valence-electron chi connectivity index (χ3n) is 1.95. The van der Waals surface area contributed by atoms with E-state index in [9.17, 15) is 4.79 Å². The predicted octanol–water partition coefficient (Wildman–Crippen LogP) is 1.11. The number of aryl methyl sites for hydroxylation is 1. The van der Waals surface area contributed by atoms with E-state index in [2.05, 4.69) is 5.32 Å². The van der Waals surface area contributed by atoms with Crippen molar-refractivity contribution < 1.29 is 9.90 Å². The Morgan fingerprint density at radius 2 is 2.14 bits per heavy atom. The average molecular weight is 193 g/mol. The summed E-state index contributed by atoms with van der Waals surface area (Å²) < 4.78 is 0. The van der Waals surface area contributed by atoms with E-state index in [1.54, 1.807) is 13.0 Å². The molecule has 1 rings (SSSR count). The predicted molar refractivity (Wildman–Crippen MR) is 55.2 cm³/mol. The SMILES string of the molecule is Cc1ccccc1C(=O)NC[C@H](C)O. The molecule has 0 heterocycles. The Kier molecular flexibility index (Phi) is 3.65. The largest absolute Gasteiger partial charge is 0.392 e. The van der Waals surface area contributed by atoms with Crippen LogP contribution in [0.25, 0.3) is 0 Å². The smallest absolute Gasteiger partial charge is 0.251 e. The first-order valence-corrected chi connectivity index (χ1v) is 4.63. The van der Waals surface area contributed by atoms with Crippen molar-refractivity contribution in [1.82, 2.24) is 5.32 Å². The Labute approximate surface area is 83.8 Å². The van der Waals surface area contributed by atoms with Gasteiger partial charge in [0, 0.05) is 12.1 Å². The van der Waals surface area contributed by atoms with Crippen molar-refractivity contribution >= 4 is 5.91 Å². The fourth-order valence-corrected chi connectivity index (χ4v) is 1.16. The van der Waals surface area contributed by atoms with E-state index in [-0.39, 0.29) is 12.5 Å². The third-order valence-corrected chi connectivity index (χ3v) is 1.95. The minimum absolute atomic E-state index is 0.135. The van der Waals surface area contributed by atoms with Crippen molar-refractivity contribution in [3.05, 3.63) is 35.4 Å². The molecule has 0 saturated heterocycles. The van der Waals surface area contributed by atoms with Crippen LogP contribution in [0.1, 0.15) is 22.8 Å². The number of aliphatic hydroxyl groups is 1. The number of carbonyl (C=O) groups is 1. The van der Waals surface area contributed by atoms with Gasteiger partial charge in [0.05, 0.1) is 6.10 Å². The molecule has 0 radical (unpaired) electrons. The number of hydrogen-bond donors (Lipinski definition) is 2. The van der Waals surface area contributed by atoms with Crippen LogP contribution >= 0.6 is 0 Å². The van der Waals surface area contributed by atoms with Gasteiger partial charge in [-0.25, -0.2) is 0 Å². The third kappa shape index (κ3) is 2.85. The Morgan fingerprint density at radius 3 is 2.71 bits per heavy atom. The molecule has 1 aromatic rings. The molecule has 0 unspecified atom stereocenters. The molecule has 0 bridgehead atoms. The van der Waals surface area contributed by atoms with Gasteiger partial charge in [-0.05, 0) is 25.5 Å². The van der Waals surface area contributed by atoms with Crippen LogP contribution in [0.5, 0.6) is 0 Å². The highest BCUT2D eigenvalue weighted by Crippen LogP contribution is 2.06. The lowest BCUT2D eigenvalue weighted by Gasteiger charge is -2.08. The van der Waals surface area contributed by atoms with E-state index < -0.39 is 6.10 Å². The van der Waals surface area contributed by atoms with Crippen molar-refractivity contribution in [3.63, 3.8) is 0 Å². The number of nitrogens with one attached hydrogen (secondary N) is 1. The van der Waals surface area contributed by atoms with Gasteiger partial charge in [0.25, 0.3) is 5.91 Å². The number of amides is 1. The van der Waals surface area contributed by atoms with Gasteiger partial charge in [0.2, 0.25) is 0 Å². The van der Waals surface area contributed by atoms with E-state index in [0.29, 0.717) is 5.56 Å². The number of aliphatic hydroxyl groups excluding tert-OH is 1. The van der Waals surface area contributed by atoms with Gasteiger partial charge in [0.1, 0.15) is 0 Å². The summed E-state index contributed by atoms with van der Waals surface area (Å²) in [6.45, 7) is 3.81. The van der Waals surface area contributed by atoms with E-state index in [1.165, 1.54) is 0 Å². The summed E-state index contributed by atoms with van der Waals surface area (Å²) in [5, 5.41) is 11.7. The van der Waals surface area contributed by atoms with E-state index in [1.807, 2.05) is 25.1 Å². The van der Waals surface area contributed by atoms with Crippen LogP contribution in [0, 0.1) is 6.92 Å². The Morgan fingerprint density at radius 1 is 1.50 bits per heavy atom. The maximum absolute atomic E-state index is 11.5. The van der Waals surface area contributed by atoms with Crippen LogP contribution < -0.4 is 5.32 Å². The maximum Gasteiger partial charge on any atom is 0.251 e. The van der Waals surface area contributed by atoms with E-state index in [0.717, 1.165) is 5.56 Å². The minimum atomic E-state index is -0.511. The highest BCUT2D eigenvalue weighted by molar-refractivity contribution is 5.95. The first kappa shape index (κ1) is 10.7. The molecule has 3 nitrogen and oxygen atoms in total. The second-order valence-electron chi connectivity index (χ2n) is 3.37. The van der Waals surface area contributed by atoms with Gasteiger partial charge >= 0.3 is 0 Å². The van der Waals surface area contributed by atoms with Gasteiger partial charge in [-0.15, -0.1) is 0 Å². The fraction of sp³-hybridized carbons (Fsp3) is 0.364. The van der Waals surface area contributed by atoms with Crippen molar-refractivity contribution in [1.29, 1.82) is 0 Å². The molecule has 3 heteroatoms. The summed E-state index contributed by atoms with van der Waals surface area (Å²) in [5.41, 5.74) is 1.60. The van der Waals surface area contributed by atoms with E-state index >= 15 is 0 Å². The van der Waals surface area contributed by atoms with Crippen LogP contribution in [0.3, 0.4) is 0 Å². The molecule has 0 spiro atoms. The molecule has 0 aliphatic carbocycles. The summed E-state index contributed by atoms with van der Waals surface area (Å²) >= 11 is 0. The summed E-state index contributed by atoms with van der Waals surface area (Å²) in [6, 6.07) is 7.37. The highest BCUT2D eigenvalue weighted by atomic mass is 16.3. The lowest BCUT2D eigenvalue weighted by molar-refractivity contribution is 0.0923. The Bertz CT molecular complexity index is 321. The monoisotopic (exact) mass is 193 g/mol. The van der Waals surface area contributed by atoms with Crippen LogP contribution in [0.4, 0.5) is 0 Å². The Balaban J connectivity index is 2.65. The van der Waals surface area contributed by atoms with Crippen molar-refractivity contribution in [2.24, 2.45) is 0 Å². The first-order valence-electron chi connectivity index (χ1n) is 4.63. The maximum atomic E-state index is 11.5. The topological polar surface area (TPSA) is 49.3 Å². The molecule has 0 aliphatic heterocycles. The fourth-order valence-electron chi connectivity index (χ4n) is 1.16. The van der Waals surface area contributed by atoms with Crippen molar-refractivity contribution in [2.75, 3.05) is 6.54 Å². The summed E-state index contributed by atoms with van der Waals surface area (Å²) in [6.07, 6.45) is -0.511. The molecule has 14 heavy (non-hydrogen) atoms. The van der Waals surface area contributed by atoms with Gasteiger partial charge in [-0.3, -0.25) is 4.79 Å². The van der Waals surface area contributed by atoms with Gasteiger partial charge in [-0.1, -0.05) is 18.2 Å². The zero-order valence-electron chi connectivity index (χ0n) is 8.45. The summed E-state index contributed by atoms with van der Waals surface area (Å²) in [4.78, 5) is 11.5. The second-order valence-corrected chi connectivity index (χ2v) is 3.37. The standard InChI is InChI=1S/C11H15NO2/c1-8-5-3-4-6-10(8)11(14)12-7-9(2)13/h3-6,9,13H,7H2,1-2H3,(H,12,14)/t9-/m0/s1. The van der Waals surface area contributed by atoms with E-state index in [4.69, 9.17) is 5.11 Å². The quantitative estimate of drug-likeness (QED) is 0.755. The number of hydrogen-bond acceptors (Lipinski definition) is 2. The molecular formula is C11H15NO2. The van der Waals surface area contributed by atoms with Crippen LogP contribution in [0.2, 0.25) is 0 Å². The molecule has 1 aromatic carbocycles. The first-order chi connectivity index (χ1) is 6.61. The Hall–Kier alpha value is -1.35. The lowest BCUT2D eigenvalue weighted by atomic mass is 10.1. The molecule has 1 amide bonds. The zero-order chi connectivity index (χ0) is 10.6.